The first kappa shape index (κ1) is 20.7. The van der Waals surface area contributed by atoms with E-state index in [0.29, 0.717) is 17.8 Å². The highest BCUT2D eigenvalue weighted by molar-refractivity contribution is 5.41. The summed E-state index contributed by atoms with van der Waals surface area (Å²) in [6.45, 7) is 11.1. The van der Waals surface area contributed by atoms with E-state index in [1.54, 1.807) is 12.7 Å². The smallest absolute Gasteiger partial charge is 0.119 e. The minimum absolute atomic E-state index is 0.0276. The molecule has 1 unspecified atom stereocenters. The molecule has 5 atom stereocenters. The largest absolute Gasteiger partial charge is 0.497 e. The third-order valence-corrected chi connectivity index (χ3v) is 8.67. The van der Waals surface area contributed by atoms with Crippen LogP contribution >= 0.6 is 0 Å². The number of allylic oxidation sites excluding steroid dienone is 2. The lowest BCUT2D eigenvalue weighted by Gasteiger charge is -2.54. The molecule has 1 aromatic carbocycles. The van der Waals surface area contributed by atoms with Crippen LogP contribution in [0.5, 0.6) is 5.75 Å². The van der Waals surface area contributed by atoms with E-state index < -0.39 is 5.60 Å². The predicted octanol–water partition coefficient (Wildman–Crippen LogP) is 6.59. The molecule has 29 heavy (non-hydrogen) atoms. The molecule has 2 nitrogen and oxygen atoms in total. The molecule has 1 N–H and O–H groups in total. The summed E-state index contributed by atoms with van der Waals surface area (Å²) in [5.41, 5.74) is 4.71. The van der Waals surface area contributed by atoms with E-state index in [2.05, 4.69) is 51.6 Å². The fourth-order valence-corrected chi connectivity index (χ4v) is 7.02. The monoisotopic (exact) mass is 394 g/mol. The Balaban J connectivity index is 1.57. The van der Waals surface area contributed by atoms with Gasteiger partial charge in [-0.1, -0.05) is 31.2 Å². The topological polar surface area (TPSA) is 29.5 Å². The molecule has 3 aliphatic rings. The van der Waals surface area contributed by atoms with Crippen LogP contribution in [0, 0.1) is 17.3 Å². The molecule has 0 aliphatic heterocycles. The summed E-state index contributed by atoms with van der Waals surface area (Å²) in [6.07, 6.45) is 10.9. The number of fused-ring (bicyclic) bond motifs is 5. The number of ether oxygens (including phenoxy) is 1. The molecule has 2 heteroatoms. The van der Waals surface area contributed by atoms with Gasteiger partial charge in [-0.2, -0.15) is 0 Å². The van der Waals surface area contributed by atoms with Gasteiger partial charge in [-0.15, -0.1) is 0 Å². The highest BCUT2D eigenvalue weighted by atomic mass is 16.5. The zero-order valence-electron chi connectivity index (χ0n) is 18.8. The summed E-state index contributed by atoms with van der Waals surface area (Å²) in [5.74, 6) is 2.91. The van der Waals surface area contributed by atoms with Crippen LogP contribution in [-0.2, 0) is 6.42 Å². The zero-order valence-corrected chi connectivity index (χ0v) is 18.8. The van der Waals surface area contributed by atoms with Crippen LogP contribution in [0.4, 0.5) is 0 Å². The van der Waals surface area contributed by atoms with Gasteiger partial charge in [-0.25, -0.2) is 0 Å². The lowest BCUT2D eigenvalue weighted by molar-refractivity contribution is -0.0795. The second kappa shape index (κ2) is 7.61. The fourth-order valence-electron chi connectivity index (χ4n) is 7.02. The molecule has 0 radical (unpaired) electrons. The molecule has 0 aromatic heterocycles. The van der Waals surface area contributed by atoms with Gasteiger partial charge in [0, 0.05) is 5.41 Å². The van der Waals surface area contributed by atoms with Crippen molar-refractivity contribution in [1.82, 2.24) is 0 Å². The predicted molar refractivity (Wildman–Crippen MR) is 120 cm³/mol. The third-order valence-electron chi connectivity index (χ3n) is 8.67. The Hall–Kier alpha value is -1.54. The van der Waals surface area contributed by atoms with Crippen LogP contribution in [0.3, 0.4) is 0 Å². The van der Waals surface area contributed by atoms with E-state index in [1.165, 1.54) is 24.0 Å². The third kappa shape index (κ3) is 3.28. The van der Waals surface area contributed by atoms with Gasteiger partial charge in [0.2, 0.25) is 0 Å². The van der Waals surface area contributed by atoms with Gasteiger partial charge < -0.3 is 9.84 Å². The second-order valence-corrected chi connectivity index (χ2v) is 10.3. The van der Waals surface area contributed by atoms with Crippen molar-refractivity contribution < 1.29 is 9.84 Å². The van der Waals surface area contributed by atoms with Gasteiger partial charge in [0.25, 0.3) is 0 Å². The van der Waals surface area contributed by atoms with Crippen molar-refractivity contribution in [2.45, 2.75) is 83.7 Å². The van der Waals surface area contributed by atoms with Crippen molar-refractivity contribution in [2.75, 3.05) is 7.11 Å². The maximum Gasteiger partial charge on any atom is 0.119 e. The maximum absolute atomic E-state index is 11.9. The second-order valence-electron chi connectivity index (χ2n) is 10.3. The summed E-state index contributed by atoms with van der Waals surface area (Å²) in [4.78, 5) is 0. The van der Waals surface area contributed by atoms with Gasteiger partial charge >= 0.3 is 0 Å². The van der Waals surface area contributed by atoms with Gasteiger partial charge in [0.05, 0.1) is 12.7 Å². The molecule has 0 amide bonds. The molecule has 0 bridgehead atoms. The maximum atomic E-state index is 11.9. The van der Waals surface area contributed by atoms with E-state index in [4.69, 9.17) is 4.74 Å². The molecule has 0 spiro atoms. The first-order chi connectivity index (χ1) is 13.8. The highest BCUT2D eigenvalue weighted by Gasteiger charge is 2.62. The van der Waals surface area contributed by atoms with Gasteiger partial charge in [0.15, 0.2) is 0 Å². The van der Waals surface area contributed by atoms with Crippen molar-refractivity contribution in [3.8, 4) is 5.75 Å². The van der Waals surface area contributed by atoms with Crippen LogP contribution in [0.2, 0.25) is 0 Å². The van der Waals surface area contributed by atoms with Gasteiger partial charge in [-0.05, 0) is 112 Å². The summed E-state index contributed by atoms with van der Waals surface area (Å²) in [5, 5.41) is 11.9. The van der Waals surface area contributed by atoms with Crippen LogP contribution in [0.1, 0.15) is 82.8 Å². The molecule has 158 valence electrons. The molecule has 2 fully saturated rings. The first-order valence-corrected chi connectivity index (χ1v) is 11.5. The van der Waals surface area contributed by atoms with E-state index in [1.807, 2.05) is 0 Å². The highest BCUT2D eigenvalue weighted by Crippen LogP contribution is 2.66. The number of aryl methyl sites for hydroxylation is 1. The summed E-state index contributed by atoms with van der Waals surface area (Å²) in [6, 6.07) is 6.69. The number of aliphatic hydroxyl groups is 1. The number of rotatable bonds is 5. The van der Waals surface area contributed by atoms with Crippen molar-refractivity contribution in [3.05, 3.63) is 53.1 Å². The first-order valence-electron chi connectivity index (χ1n) is 11.5. The number of hydrogen-bond acceptors (Lipinski definition) is 2. The van der Waals surface area contributed by atoms with Crippen molar-refractivity contribution in [2.24, 2.45) is 17.3 Å². The fraction of sp³-hybridized carbons (Fsp3) is 0.630. The quantitative estimate of drug-likeness (QED) is 0.571. The van der Waals surface area contributed by atoms with E-state index >= 15 is 0 Å². The summed E-state index contributed by atoms with van der Waals surface area (Å²) >= 11 is 0. The van der Waals surface area contributed by atoms with Crippen molar-refractivity contribution in [3.63, 3.8) is 0 Å². The Bertz CT molecular complexity index is 818. The average molecular weight is 395 g/mol. The minimum atomic E-state index is -0.696. The van der Waals surface area contributed by atoms with Crippen LogP contribution in [0.25, 0.3) is 0 Å². The van der Waals surface area contributed by atoms with E-state index in [0.717, 1.165) is 49.8 Å². The van der Waals surface area contributed by atoms with Crippen molar-refractivity contribution >= 4 is 0 Å². The standard InChI is InChI=1S/C27H38O2/c1-18(2)7-6-8-19(3)27(28)16-14-25-24-11-9-20-17-21(29-5)10-12-22(20)23(24)13-15-26(25,27)4/h7,10,12,17,23-25,28H,3,6,8-9,11,13-16H2,1-2,4-5H3/t23-,24-,25+,26+,27?/m1/s1. The Morgan fingerprint density at radius 3 is 2.76 bits per heavy atom. The molecular formula is C27H38O2. The summed E-state index contributed by atoms with van der Waals surface area (Å²) in [7, 11) is 1.75. The molecule has 0 saturated heterocycles. The zero-order chi connectivity index (χ0) is 20.8. The van der Waals surface area contributed by atoms with E-state index in [9.17, 15) is 5.11 Å². The normalized spacial score (nSPS) is 35.3. The molecule has 2 saturated carbocycles. The molecule has 4 rings (SSSR count). The number of methoxy groups -OCH3 is 1. The van der Waals surface area contributed by atoms with Crippen LogP contribution < -0.4 is 4.74 Å². The SMILES string of the molecule is C=C(CCC=C(C)C)C1(O)CC[C@H]2[C@@H]3CCc4cc(OC)ccc4[C@H]3CC[C@@]21C. The average Bonchev–Trinajstić information content (AvgIpc) is 2.99. The van der Waals surface area contributed by atoms with E-state index in [-0.39, 0.29) is 5.41 Å². The molecule has 0 heterocycles. The Labute approximate surface area is 177 Å². The van der Waals surface area contributed by atoms with Crippen LogP contribution in [0.15, 0.2) is 42.0 Å². The number of benzene rings is 1. The van der Waals surface area contributed by atoms with Gasteiger partial charge in [-0.3, -0.25) is 0 Å². The summed E-state index contributed by atoms with van der Waals surface area (Å²) < 4.78 is 5.46. The van der Waals surface area contributed by atoms with Crippen LogP contribution in [-0.4, -0.2) is 17.8 Å². The van der Waals surface area contributed by atoms with Gasteiger partial charge in [0.1, 0.15) is 5.75 Å². The molecule has 1 aromatic rings. The lowest BCUT2D eigenvalue weighted by atomic mass is 9.52. The Morgan fingerprint density at radius 1 is 1.24 bits per heavy atom. The minimum Gasteiger partial charge on any atom is -0.497 e. The molecule has 3 aliphatic carbocycles. The molecular weight excluding hydrogens is 356 g/mol. The Morgan fingerprint density at radius 2 is 2.03 bits per heavy atom. The lowest BCUT2D eigenvalue weighted by Crippen LogP contribution is -2.51. The van der Waals surface area contributed by atoms with Crippen molar-refractivity contribution in [1.29, 1.82) is 0 Å². The Kier molecular flexibility index (Phi) is 5.44. The number of hydrogen-bond donors (Lipinski definition) is 1.